The molecule has 47 heavy (non-hydrogen) atoms. The molecule has 0 unspecified atom stereocenters. The lowest BCUT2D eigenvalue weighted by Gasteiger charge is -2.41. The van der Waals surface area contributed by atoms with Crippen LogP contribution in [0.3, 0.4) is 0 Å². The Morgan fingerprint density at radius 3 is 2.26 bits per heavy atom. The summed E-state index contributed by atoms with van der Waals surface area (Å²) >= 11 is 5.61. The van der Waals surface area contributed by atoms with Gasteiger partial charge in [0.15, 0.2) is 5.11 Å². The number of thiocarbonyl (C=S) groups is 1. The first-order valence-electron chi connectivity index (χ1n) is 15.9. The van der Waals surface area contributed by atoms with E-state index in [-0.39, 0.29) is 30.9 Å². The first-order chi connectivity index (χ1) is 22.6. The molecule has 2 amide bonds. The number of benzene rings is 3. The highest BCUT2D eigenvalue weighted by Gasteiger charge is 2.49. The number of alkyl halides is 3. The number of carbonyl (C=O) groups is 2. The van der Waals surface area contributed by atoms with Gasteiger partial charge in [-0.15, -0.1) is 0 Å². The van der Waals surface area contributed by atoms with Gasteiger partial charge in [0.05, 0.1) is 31.4 Å². The predicted molar refractivity (Wildman–Crippen MR) is 178 cm³/mol. The summed E-state index contributed by atoms with van der Waals surface area (Å²) in [5.74, 6) is -0.624. The minimum atomic E-state index is -4.48. The molecule has 3 aliphatic rings. The van der Waals surface area contributed by atoms with Crippen molar-refractivity contribution in [3.05, 3.63) is 95.6 Å². The van der Waals surface area contributed by atoms with Crippen LogP contribution >= 0.6 is 12.2 Å². The van der Waals surface area contributed by atoms with Crippen LogP contribution < -0.4 is 15.5 Å². The van der Waals surface area contributed by atoms with Gasteiger partial charge >= 0.3 is 6.18 Å². The number of morpholine rings is 1. The molecule has 2 aliphatic heterocycles. The van der Waals surface area contributed by atoms with E-state index < -0.39 is 17.3 Å². The van der Waals surface area contributed by atoms with Crippen LogP contribution in [0, 0.1) is 0 Å². The molecule has 2 saturated heterocycles. The van der Waals surface area contributed by atoms with Gasteiger partial charge in [-0.1, -0.05) is 55.3 Å². The molecule has 0 spiro atoms. The van der Waals surface area contributed by atoms with E-state index in [1.807, 2.05) is 54.6 Å². The van der Waals surface area contributed by atoms with Crippen molar-refractivity contribution in [3.63, 3.8) is 0 Å². The van der Waals surface area contributed by atoms with Gasteiger partial charge in [0, 0.05) is 37.6 Å². The van der Waals surface area contributed by atoms with Crippen molar-refractivity contribution in [3.8, 4) is 0 Å². The van der Waals surface area contributed by atoms with Gasteiger partial charge < -0.3 is 30.1 Å². The van der Waals surface area contributed by atoms with Crippen molar-refractivity contribution < 1.29 is 27.5 Å². The number of carbonyl (C=O) groups excluding carboxylic acids is 2. The van der Waals surface area contributed by atoms with Crippen LogP contribution in [0.4, 0.5) is 24.5 Å². The molecule has 0 radical (unpaired) electrons. The molecule has 2 heterocycles. The average Bonchev–Trinajstić information content (AvgIpc) is 3.72. The fourth-order valence-electron chi connectivity index (χ4n) is 6.71. The summed E-state index contributed by atoms with van der Waals surface area (Å²) < 4.78 is 45.4. The van der Waals surface area contributed by atoms with E-state index in [2.05, 4.69) is 15.5 Å². The number of amides is 2. The van der Waals surface area contributed by atoms with Crippen LogP contribution in [0.2, 0.25) is 0 Å². The molecule has 6 rings (SSSR count). The Labute approximate surface area is 277 Å². The van der Waals surface area contributed by atoms with E-state index in [0.717, 1.165) is 49.3 Å². The zero-order valence-corrected chi connectivity index (χ0v) is 26.8. The molecule has 1 aliphatic carbocycles. The SMILES string of the molecule is O=C(CN1C[C@H](c2ccccc2)NC1=S)N(Cc1ccc(C(F)(F)F)cc1)C1(C(=O)Nc2ccc(N3CCOCC3)cc2)CCCC1. The summed E-state index contributed by atoms with van der Waals surface area (Å²) in [6.45, 7) is 3.28. The fourth-order valence-corrected chi connectivity index (χ4v) is 6.99. The van der Waals surface area contributed by atoms with E-state index in [4.69, 9.17) is 17.0 Å². The molecule has 1 saturated carbocycles. The summed E-state index contributed by atoms with van der Waals surface area (Å²) in [4.78, 5) is 34.1. The third-order valence-corrected chi connectivity index (χ3v) is 9.69. The van der Waals surface area contributed by atoms with Gasteiger partial charge in [-0.3, -0.25) is 9.59 Å². The average molecular weight is 666 g/mol. The van der Waals surface area contributed by atoms with Gasteiger partial charge in [-0.05, 0) is 72.6 Å². The Balaban J connectivity index is 1.25. The molecular formula is C35H38F3N5O3S. The van der Waals surface area contributed by atoms with Crippen LogP contribution in [-0.2, 0) is 27.0 Å². The molecule has 0 bridgehead atoms. The van der Waals surface area contributed by atoms with Gasteiger partial charge in [-0.25, -0.2) is 0 Å². The fraction of sp³-hybridized carbons (Fsp3) is 0.400. The Morgan fingerprint density at radius 2 is 1.62 bits per heavy atom. The first-order valence-corrected chi connectivity index (χ1v) is 16.3. The lowest BCUT2D eigenvalue weighted by atomic mass is 9.92. The molecule has 3 fully saturated rings. The Kier molecular flexibility index (Phi) is 9.70. The minimum absolute atomic E-state index is 0.0174. The molecule has 2 N–H and O–H groups in total. The maximum absolute atomic E-state index is 14.3. The first kappa shape index (κ1) is 32.8. The highest BCUT2D eigenvalue weighted by atomic mass is 32.1. The minimum Gasteiger partial charge on any atom is -0.378 e. The van der Waals surface area contributed by atoms with E-state index >= 15 is 0 Å². The lowest BCUT2D eigenvalue weighted by Crippen LogP contribution is -2.59. The van der Waals surface area contributed by atoms with Crippen molar-refractivity contribution >= 4 is 40.5 Å². The molecule has 248 valence electrons. The van der Waals surface area contributed by atoms with Crippen LogP contribution in [0.1, 0.15) is 48.4 Å². The van der Waals surface area contributed by atoms with Crippen molar-refractivity contribution in [2.45, 2.75) is 50.0 Å². The number of hydrogen-bond donors (Lipinski definition) is 2. The largest absolute Gasteiger partial charge is 0.416 e. The highest BCUT2D eigenvalue weighted by molar-refractivity contribution is 7.80. The highest BCUT2D eigenvalue weighted by Crippen LogP contribution is 2.39. The normalized spacial score (nSPS) is 19.4. The summed E-state index contributed by atoms with van der Waals surface area (Å²) in [7, 11) is 0. The van der Waals surface area contributed by atoms with E-state index in [1.54, 1.807) is 9.80 Å². The van der Waals surface area contributed by atoms with Gasteiger partial charge in [0.2, 0.25) is 11.8 Å². The molecule has 12 heteroatoms. The summed E-state index contributed by atoms with van der Waals surface area (Å²) in [6, 6.07) is 22.1. The predicted octanol–water partition coefficient (Wildman–Crippen LogP) is 5.75. The molecule has 3 aromatic rings. The molecule has 1 atom stereocenters. The van der Waals surface area contributed by atoms with E-state index in [1.165, 1.54) is 12.1 Å². The second-order valence-corrected chi connectivity index (χ2v) is 12.7. The molecule has 3 aromatic carbocycles. The number of nitrogens with zero attached hydrogens (tertiary/aromatic N) is 3. The number of halogens is 3. The van der Waals surface area contributed by atoms with Crippen LogP contribution in [0.5, 0.6) is 0 Å². The number of rotatable bonds is 9. The van der Waals surface area contributed by atoms with Crippen LogP contribution in [0.15, 0.2) is 78.9 Å². The summed E-state index contributed by atoms with van der Waals surface area (Å²) in [5.41, 5.74) is 1.23. The monoisotopic (exact) mass is 665 g/mol. The third kappa shape index (κ3) is 7.38. The van der Waals surface area contributed by atoms with E-state index in [0.29, 0.717) is 49.0 Å². The van der Waals surface area contributed by atoms with E-state index in [9.17, 15) is 22.8 Å². The van der Waals surface area contributed by atoms with Crippen molar-refractivity contribution in [1.29, 1.82) is 0 Å². The number of hydrogen-bond acceptors (Lipinski definition) is 5. The second-order valence-electron chi connectivity index (χ2n) is 12.3. The van der Waals surface area contributed by atoms with Crippen LogP contribution in [0.25, 0.3) is 0 Å². The van der Waals surface area contributed by atoms with Gasteiger partial charge in [0.1, 0.15) is 5.54 Å². The standard InChI is InChI=1S/C35H38F3N5O3S/c36-35(37,38)27-10-8-25(9-11-27)22-43(31(44)24-42-23-30(40-33(42)47)26-6-2-1-3-7-26)34(16-4-5-17-34)32(45)39-28-12-14-29(15-13-28)41-18-20-46-21-19-41/h1-3,6-15,30H,4-5,16-24H2,(H,39,45)(H,40,47)/t30-/m1/s1. The quantitative estimate of drug-likeness (QED) is 0.282. The molecule has 8 nitrogen and oxygen atoms in total. The topological polar surface area (TPSA) is 77.2 Å². The van der Waals surface area contributed by atoms with Crippen molar-refractivity contribution in [2.24, 2.45) is 0 Å². The van der Waals surface area contributed by atoms with Crippen molar-refractivity contribution in [2.75, 3.05) is 49.6 Å². The number of nitrogens with one attached hydrogen (secondary N) is 2. The zero-order valence-electron chi connectivity index (χ0n) is 26.0. The molecular weight excluding hydrogens is 627 g/mol. The summed E-state index contributed by atoms with van der Waals surface area (Å²) in [5, 5.41) is 6.78. The number of ether oxygens (including phenoxy) is 1. The van der Waals surface area contributed by atoms with Gasteiger partial charge in [-0.2, -0.15) is 13.2 Å². The Bertz CT molecular complexity index is 1560. The lowest BCUT2D eigenvalue weighted by molar-refractivity contribution is -0.146. The van der Waals surface area contributed by atoms with Crippen LogP contribution in [-0.4, -0.2) is 71.7 Å². The maximum atomic E-state index is 14.3. The Hall–Kier alpha value is -4.16. The number of anilines is 2. The maximum Gasteiger partial charge on any atom is 0.416 e. The zero-order chi connectivity index (χ0) is 33.0. The third-order valence-electron chi connectivity index (χ3n) is 9.31. The van der Waals surface area contributed by atoms with Gasteiger partial charge in [0.25, 0.3) is 0 Å². The second kappa shape index (κ2) is 13.9. The summed E-state index contributed by atoms with van der Waals surface area (Å²) in [6.07, 6.45) is -2.13. The molecule has 0 aromatic heterocycles. The Morgan fingerprint density at radius 1 is 0.957 bits per heavy atom. The van der Waals surface area contributed by atoms with Crippen molar-refractivity contribution in [1.82, 2.24) is 15.1 Å². The smallest absolute Gasteiger partial charge is 0.378 e.